The quantitative estimate of drug-likeness (QED) is 0.227. The van der Waals surface area contributed by atoms with Crippen LogP contribution >= 0.6 is 0 Å². The second-order valence-electron chi connectivity index (χ2n) is 11.0. The van der Waals surface area contributed by atoms with Crippen molar-refractivity contribution in [2.24, 2.45) is 22.8 Å². The van der Waals surface area contributed by atoms with Gasteiger partial charge in [0.15, 0.2) is 0 Å². The van der Waals surface area contributed by atoms with Gasteiger partial charge in [-0.05, 0) is 49.8 Å². The molecule has 7 N–H and O–H groups in total. The largest absolute Gasteiger partial charge is 0.481 e. The smallest absolute Gasteiger partial charge is 0.330 e. The summed E-state index contributed by atoms with van der Waals surface area (Å²) in [5, 5.41) is 23.0. The molecule has 0 saturated heterocycles. The Labute approximate surface area is 228 Å². The predicted molar refractivity (Wildman–Crippen MR) is 142 cm³/mol. The van der Waals surface area contributed by atoms with Gasteiger partial charge in [0.1, 0.15) is 5.54 Å². The van der Waals surface area contributed by atoms with Gasteiger partial charge in [-0.25, -0.2) is 4.79 Å². The van der Waals surface area contributed by atoms with Crippen molar-refractivity contribution in [2.75, 3.05) is 13.1 Å². The Morgan fingerprint density at radius 3 is 2.10 bits per heavy atom. The first-order chi connectivity index (χ1) is 18.4. The van der Waals surface area contributed by atoms with Crippen LogP contribution in [0, 0.1) is 11.3 Å². The highest BCUT2D eigenvalue weighted by molar-refractivity contribution is 5.97. The van der Waals surface area contributed by atoms with Crippen LogP contribution in [0.5, 0.6) is 0 Å². The second kappa shape index (κ2) is 12.7. The molecule has 214 valence electrons. The van der Waals surface area contributed by atoms with Crippen LogP contribution in [0.1, 0.15) is 69.4 Å². The summed E-state index contributed by atoms with van der Waals surface area (Å²) in [5.41, 5.74) is 10.5. The number of fused-ring (bicyclic) bond motifs is 1. The first kappa shape index (κ1) is 30.2. The van der Waals surface area contributed by atoms with E-state index in [0.29, 0.717) is 51.5 Å². The zero-order valence-electron chi connectivity index (χ0n) is 22.5. The Balaban J connectivity index is 1.80. The molecule has 11 heteroatoms. The molecule has 0 radical (unpaired) electrons. The molecule has 2 aliphatic rings. The lowest BCUT2D eigenvalue weighted by Crippen LogP contribution is -2.59. The molecule has 0 aliphatic heterocycles. The van der Waals surface area contributed by atoms with Crippen molar-refractivity contribution in [3.63, 3.8) is 0 Å². The van der Waals surface area contributed by atoms with Crippen molar-refractivity contribution in [1.82, 2.24) is 10.2 Å². The van der Waals surface area contributed by atoms with E-state index in [9.17, 15) is 34.2 Å². The fraction of sp³-hybridized carbons (Fsp3) is 0.607. The minimum atomic E-state index is -1.52. The average molecular weight is 545 g/mol. The maximum atomic E-state index is 13.8. The maximum Gasteiger partial charge on any atom is 0.330 e. The molecule has 3 rings (SSSR count). The van der Waals surface area contributed by atoms with Crippen LogP contribution < -0.4 is 16.8 Å². The number of carboxylic acids is 2. The molecular formula is C28H40N4O7. The molecule has 1 aromatic rings. The normalized spacial score (nSPS) is 18.5. The zero-order valence-corrected chi connectivity index (χ0v) is 22.5. The van der Waals surface area contributed by atoms with E-state index in [-0.39, 0.29) is 19.3 Å². The average Bonchev–Trinajstić information content (AvgIpc) is 3.51. The molecule has 2 atom stereocenters. The molecule has 11 nitrogen and oxygen atoms in total. The van der Waals surface area contributed by atoms with Crippen molar-refractivity contribution < 1.29 is 34.2 Å². The van der Waals surface area contributed by atoms with Crippen LogP contribution in [0.3, 0.4) is 0 Å². The van der Waals surface area contributed by atoms with Gasteiger partial charge in [0.05, 0.1) is 17.4 Å². The van der Waals surface area contributed by atoms with E-state index in [1.165, 1.54) is 6.92 Å². The first-order valence-electron chi connectivity index (χ1n) is 13.6. The molecule has 1 fully saturated rings. The molecule has 0 spiro atoms. The standard InChI is InChI=1S/C28H40N4O7/c1-18(33)32(23(34)22(30)10-4-7-13-29)17-21(24(35)36)14-27(11-5-6-12-27)25(37)31-28(26(38)39)15-19-8-2-3-9-20(19)16-28/h2-3,8-9,21-22H,4-7,10-17,29-30H2,1H3,(H,31,37)(H,35,36)(H,38,39)/t21-,22+/m1/s1. The fourth-order valence-electron chi connectivity index (χ4n) is 5.96. The van der Waals surface area contributed by atoms with Crippen molar-refractivity contribution in [1.29, 1.82) is 0 Å². The number of carbonyl (C=O) groups excluding carboxylic acids is 3. The summed E-state index contributed by atoms with van der Waals surface area (Å²) in [5.74, 6) is -5.40. The van der Waals surface area contributed by atoms with Gasteiger partial charge in [0.25, 0.3) is 0 Å². The van der Waals surface area contributed by atoms with Gasteiger partial charge < -0.3 is 27.0 Å². The van der Waals surface area contributed by atoms with Gasteiger partial charge in [-0.2, -0.15) is 0 Å². The fourth-order valence-corrected chi connectivity index (χ4v) is 5.96. The minimum Gasteiger partial charge on any atom is -0.481 e. The van der Waals surface area contributed by atoms with Gasteiger partial charge in [-0.3, -0.25) is 24.1 Å². The third-order valence-electron chi connectivity index (χ3n) is 8.23. The van der Waals surface area contributed by atoms with Crippen LogP contribution in [-0.4, -0.2) is 69.4 Å². The predicted octanol–water partition coefficient (Wildman–Crippen LogP) is 1.21. The topological polar surface area (TPSA) is 193 Å². The summed E-state index contributed by atoms with van der Waals surface area (Å²) in [6, 6.07) is 6.34. The molecular weight excluding hydrogens is 504 g/mol. The Bertz CT molecular complexity index is 1070. The van der Waals surface area contributed by atoms with E-state index in [4.69, 9.17) is 11.5 Å². The van der Waals surface area contributed by atoms with Crippen LogP contribution in [-0.2, 0) is 36.8 Å². The molecule has 3 amide bonds. The van der Waals surface area contributed by atoms with Gasteiger partial charge in [-0.15, -0.1) is 0 Å². The Hall–Kier alpha value is -3.31. The van der Waals surface area contributed by atoms with Crippen molar-refractivity contribution in [3.8, 4) is 0 Å². The number of nitrogens with two attached hydrogens (primary N) is 2. The first-order valence-corrected chi connectivity index (χ1v) is 13.6. The number of rotatable bonds is 13. The number of hydrogen-bond donors (Lipinski definition) is 5. The lowest BCUT2D eigenvalue weighted by molar-refractivity contribution is -0.153. The second-order valence-corrected chi connectivity index (χ2v) is 11.0. The minimum absolute atomic E-state index is 0.129. The molecule has 0 heterocycles. The van der Waals surface area contributed by atoms with E-state index in [1.54, 1.807) is 0 Å². The third-order valence-corrected chi connectivity index (χ3v) is 8.23. The Kier molecular flexibility index (Phi) is 9.84. The molecule has 0 aromatic heterocycles. The summed E-state index contributed by atoms with van der Waals surface area (Å²) >= 11 is 0. The van der Waals surface area contributed by atoms with Crippen LogP contribution in [0.25, 0.3) is 0 Å². The lowest BCUT2D eigenvalue weighted by atomic mass is 9.75. The molecule has 0 bridgehead atoms. The van der Waals surface area contributed by atoms with Gasteiger partial charge in [0, 0.05) is 26.3 Å². The van der Waals surface area contributed by atoms with E-state index in [2.05, 4.69) is 5.32 Å². The number of carbonyl (C=O) groups is 5. The molecule has 2 aliphatic carbocycles. The lowest BCUT2D eigenvalue weighted by Gasteiger charge is -2.36. The maximum absolute atomic E-state index is 13.8. The van der Waals surface area contributed by atoms with Crippen LogP contribution in [0.15, 0.2) is 24.3 Å². The molecule has 39 heavy (non-hydrogen) atoms. The molecule has 0 unspecified atom stereocenters. The summed E-state index contributed by atoms with van der Waals surface area (Å²) in [6.45, 7) is 1.20. The third kappa shape index (κ3) is 6.83. The number of nitrogens with one attached hydrogen (secondary N) is 1. The zero-order chi connectivity index (χ0) is 28.8. The SMILES string of the molecule is CC(=O)N(C[C@@H](CC1(C(=O)NC2(C(=O)O)Cc3ccccc3C2)CCCC1)C(=O)O)C(=O)[C@@H](N)CCCCN. The monoisotopic (exact) mass is 544 g/mol. The number of benzene rings is 1. The number of carboxylic acid groups (broad SMARTS) is 2. The van der Waals surface area contributed by atoms with Crippen molar-refractivity contribution in [2.45, 2.75) is 82.7 Å². The molecule has 1 saturated carbocycles. The van der Waals surface area contributed by atoms with Crippen molar-refractivity contribution in [3.05, 3.63) is 35.4 Å². The summed E-state index contributed by atoms with van der Waals surface area (Å²) in [6.07, 6.45) is 3.85. The molecule has 1 aromatic carbocycles. The van der Waals surface area contributed by atoms with Gasteiger partial charge in [-0.1, -0.05) is 43.5 Å². The highest BCUT2D eigenvalue weighted by atomic mass is 16.4. The van der Waals surface area contributed by atoms with Crippen LogP contribution in [0.4, 0.5) is 0 Å². The summed E-state index contributed by atoms with van der Waals surface area (Å²) < 4.78 is 0. The van der Waals surface area contributed by atoms with Crippen molar-refractivity contribution >= 4 is 29.7 Å². The van der Waals surface area contributed by atoms with Gasteiger partial charge >= 0.3 is 11.9 Å². The van der Waals surface area contributed by atoms with E-state index >= 15 is 0 Å². The summed E-state index contributed by atoms with van der Waals surface area (Å²) in [7, 11) is 0. The van der Waals surface area contributed by atoms with Gasteiger partial charge in [0.2, 0.25) is 17.7 Å². The Morgan fingerprint density at radius 1 is 1.03 bits per heavy atom. The number of amides is 3. The number of nitrogens with zero attached hydrogens (tertiary/aromatic N) is 1. The highest BCUT2D eigenvalue weighted by Crippen LogP contribution is 2.45. The number of hydrogen-bond acceptors (Lipinski definition) is 7. The van der Waals surface area contributed by atoms with Crippen LogP contribution in [0.2, 0.25) is 0 Å². The summed E-state index contributed by atoms with van der Waals surface area (Å²) in [4.78, 5) is 64.8. The number of aliphatic carboxylic acids is 2. The van der Waals surface area contributed by atoms with E-state index in [0.717, 1.165) is 16.0 Å². The number of unbranched alkanes of at least 4 members (excludes halogenated alkanes) is 1. The van der Waals surface area contributed by atoms with E-state index in [1.807, 2.05) is 24.3 Å². The van der Waals surface area contributed by atoms with E-state index < -0.39 is 59.1 Å². The Morgan fingerprint density at radius 2 is 1.62 bits per heavy atom. The highest BCUT2D eigenvalue weighted by Gasteiger charge is 2.51. The number of imide groups is 1.